The Labute approximate surface area is 154 Å². The minimum atomic E-state index is -0.428. The molecule has 0 spiro atoms. The number of ether oxygens (including phenoxy) is 2. The summed E-state index contributed by atoms with van der Waals surface area (Å²) in [6.45, 7) is 4.05. The number of piperazine rings is 1. The molecule has 0 bridgehead atoms. The van der Waals surface area contributed by atoms with E-state index >= 15 is 0 Å². The SMILES string of the molecule is COC(CN/C=C(/C#N)C(=O)N1CCN(Cc2ccccc2)CC1)OC. The van der Waals surface area contributed by atoms with Crippen molar-refractivity contribution in [2.45, 2.75) is 12.8 Å². The molecule has 7 heteroatoms. The Morgan fingerprint density at radius 3 is 2.46 bits per heavy atom. The van der Waals surface area contributed by atoms with Crippen LogP contribution in [0.5, 0.6) is 0 Å². The molecule has 0 radical (unpaired) electrons. The largest absolute Gasteiger partial charge is 0.385 e. The van der Waals surface area contributed by atoms with Crippen LogP contribution in [-0.4, -0.2) is 68.9 Å². The molecule has 26 heavy (non-hydrogen) atoms. The van der Waals surface area contributed by atoms with Crippen LogP contribution in [0, 0.1) is 11.3 Å². The summed E-state index contributed by atoms with van der Waals surface area (Å²) in [6.07, 6.45) is 1.01. The minimum absolute atomic E-state index is 0.0902. The first-order valence-electron chi connectivity index (χ1n) is 8.62. The third kappa shape index (κ3) is 5.85. The van der Waals surface area contributed by atoms with Gasteiger partial charge in [-0.3, -0.25) is 9.69 Å². The van der Waals surface area contributed by atoms with Gasteiger partial charge in [0.05, 0.1) is 6.54 Å². The molecule has 1 aliphatic rings. The highest BCUT2D eigenvalue weighted by Gasteiger charge is 2.23. The number of methoxy groups -OCH3 is 2. The van der Waals surface area contributed by atoms with Crippen LogP contribution in [0.4, 0.5) is 0 Å². The highest BCUT2D eigenvalue weighted by molar-refractivity contribution is 5.97. The van der Waals surface area contributed by atoms with Crippen molar-refractivity contribution in [3.63, 3.8) is 0 Å². The molecule has 0 saturated carbocycles. The number of carbonyl (C=O) groups is 1. The van der Waals surface area contributed by atoms with Crippen LogP contribution in [-0.2, 0) is 20.8 Å². The average molecular weight is 358 g/mol. The van der Waals surface area contributed by atoms with Crippen LogP contribution in [0.25, 0.3) is 0 Å². The number of nitrogens with one attached hydrogen (secondary N) is 1. The van der Waals surface area contributed by atoms with E-state index in [-0.39, 0.29) is 11.5 Å². The predicted octanol–water partition coefficient (Wildman–Crippen LogP) is 0.947. The summed E-state index contributed by atoms with van der Waals surface area (Å²) in [5, 5.41) is 12.2. The Bertz CT molecular complexity index is 630. The first-order chi connectivity index (χ1) is 12.7. The fourth-order valence-electron chi connectivity index (χ4n) is 2.78. The lowest BCUT2D eigenvalue weighted by Gasteiger charge is -2.34. The fraction of sp³-hybridized carbons (Fsp3) is 0.474. The third-order valence-corrected chi connectivity index (χ3v) is 4.32. The Kier molecular flexibility index (Phi) is 8.09. The molecule has 0 aliphatic carbocycles. The van der Waals surface area contributed by atoms with Gasteiger partial charge in [-0.1, -0.05) is 30.3 Å². The molecule has 0 aromatic heterocycles. The number of nitriles is 1. The van der Waals surface area contributed by atoms with Gasteiger partial charge in [0.1, 0.15) is 11.6 Å². The van der Waals surface area contributed by atoms with Crippen molar-refractivity contribution in [3.8, 4) is 6.07 Å². The molecule has 1 saturated heterocycles. The lowest BCUT2D eigenvalue weighted by molar-refractivity contribution is -0.128. The van der Waals surface area contributed by atoms with E-state index in [2.05, 4.69) is 22.3 Å². The van der Waals surface area contributed by atoms with Crippen molar-refractivity contribution in [2.75, 3.05) is 46.9 Å². The second kappa shape index (κ2) is 10.6. The van der Waals surface area contributed by atoms with Gasteiger partial charge in [-0.15, -0.1) is 0 Å². The van der Waals surface area contributed by atoms with Crippen molar-refractivity contribution in [2.24, 2.45) is 0 Å². The highest BCUT2D eigenvalue weighted by atomic mass is 16.7. The molecule has 1 aromatic rings. The molecular weight excluding hydrogens is 332 g/mol. The first kappa shape index (κ1) is 19.9. The van der Waals surface area contributed by atoms with Crippen molar-refractivity contribution < 1.29 is 14.3 Å². The average Bonchev–Trinajstić information content (AvgIpc) is 2.69. The lowest BCUT2D eigenvalue weighted by atomic mass is 10.2. The summed E-state index contributed by atoms with van der Waals surface area (Å²) in [6, 6.07) is 12.2. The van der Waals surface area contributed by atoms with Gasteiger partial charge in [0.2, 0.25) is 0 Å². The fourth-order valence-corrected chi connectivity index (χ4v) is 2.78. The van der Waals surface area contributed by atoms with Crippen molar-refractivity contribution in [3.05, 3.63) is 47.7 Å². The maximum Gasteiger partial charge on any atom is 0.266 e. The number of rotatable bonds is 8. The molecule has 1 N–H and O–H groups in total. The molecule has 1 aliphatic heterocycles. The minimum Gasteiger partial charge on any atom is -0.385 e. The number of amides is 1. The maximum atomic E-state index is 12.5. The van der Waals surface area contributed by atoms with Crippen LogP contribution in [0.2, 0.25) is 0 Å². The Morgan fingerprint density at radius 2 is 1.88 bits per heavy atom. The molecule has 140 valence electrons. The number of benzene rings is 1. The van der Waals surface area contributed by atoms with Crippen molar-refractivity contribution in [1.82, 2.24) is 15.1 Å². The summed E-state index contributed by atoms with van der Waals surface area (Å²) in [7, 11) is 3.07. The molecule has 1 amide bonds. The topological polar surface area (TPSA) is 77.8 Å². The smallest absolute Gasteiger partial charge is 0.266 e. The van der Waals surface area contributed by atoms with E-state index in [4.69, 9.17) is 9.47 Å². The van der Waals surface area contributed by atoms with Gasteiger partial charge < -0.3 is 19.7 Å². The van der Waals surface area contributed by atoms with Gasteiger partial charge in [-0.25, -0.2) is 0 Å². The van der Waals surface area contributed by atoms with Gasteiger partial charge in [-0.2, -0.15) is 5.26 Å². The van der Waals surface area contributed by atoms with E-state index in [1.54, 1.807) is 4.90 Å². The molecule has 1 heterocycles. The van der Waals surface area contributed by atoms with E-state index in [1.165, 1.54) is 26.0 Å². The molecule has 1 aromatic carbocycles. The summed E-state index contributed by atoms with van der Waals surface area (Å²) in [5.74, 6) is -0.245. The molecule has 2 rings (SSSR count). The van der Waals surface area contributed by atoms with E-state index in [0.29, 0.717) is 19.6 Å². The summed E-state index contributed by atoms with van der Waals surface area (Å²) >= 11 is 0. The molecule has 7 nitrogen and oxygen atoms in total. The van der Waals surface area contributed by atoms with Crippen LogP contribution in [0.15, 0.2) is 42.1 Å². The van der Waals surface area contributed by atoms with Crippen LogP contribution in [0.3, 0.4) is 0 Å². The zero-order chi connectivity index (χ0) is 18.8. The van der Waals surface area contributed by atoms with Gasteiger partial charge in [0.25, 0.3) is 5.91 Å². The highest BCUT2D eigenvalue weighted by Crippen LogP contribution is 2.10. The van der Waals surface area contributed by atoms with Crippen LogP contribution in [0.1, 0.15) is 5.56 Å². The predicted molar refractivity (Wildman–Crippen MR) is 97.8 cm³/mol. The maximum absolute atomic E-state index is 12.5. The standard InChI is InChI=1S/C19H26N4O3/c1-25-18(26-2)14-21-13-17(12-20)19(24)23-10-8-22(9-11-23)15-16-6-4-3-5-7-16/h3-7,13,18,21H,8-11,14-15H2,1-2H3/b17-13-. The van der Waals surface area contributed by atoms with Gasteiger partial charge in [0.15, 0.2) is 6.29 Å². The van der Waals surface area contributed by atoms with Gasteiger partial charge >= 0.3 is 0 Å². The summed E-state index contributed by atoms with van der Waals surface area (Å²) in [5.41, 5.74) is 1.35. The Balaban J connectivity index is 1.83. The second-order valence-electron chi connectivity index (χ2n) is 6.03. The van der Waals surface area contributed by atoms with E-state index in [1.807, 2.05) is 24.3 Å². The first-order valence-corrected chi connectivity index (χ1v) is 8.62. The van der Waals surface area contributed by atoms with Gasteiger partial charge in [-0.05, 0) is 5.56 Å². The van der Waals surface area contributed by atoms with Crippen molar-refractivity contribution in [1.29, 1.82) is 5.26 Å². The number of hydrogen-bond acceptors (Lipinski definition) is 6. The second-order valence-corrected chi connectivity index (χ2v) is 6.03. The van der Waals surface area contributed by atoms with E-state index in [0.717, 1.165) is 19.6 Å². The zero-order valence-electron chi connectivity index (χ0n) is 15.4. The van der Waals surface area contributed by atoms with Crippen molar-refractivity contribution >= 4 is 5.91 Å². The third-order valence-electron chi connectivity index (χ3n) is 4.32. The van der Waals surface area contributed by atoms with Crippen LogP contribution >= 0.6 is 0 Å². The molecule has 0 atom stereocenters. The number of hydrogen-bond donors (Lipinski definition) is 1. The van der Waals surface area contributed by atoms with Gasteiger partial charge in [0, 0.05) is 53.1 Å². The number of carbonyl (C=O) groups excluding carboxylic acids is 1. The molecule has 0 unspecified atom stereocenters. The monoisotopic (exact) mass is 358 g/mol. The molecule has 1 fully saturated rings. The Morgan fingerprint density at radius 1 is 1.23 bits per heavy atom. The Hall–Kier alpha value is -2.40. The molecular formula is C19H26N4O3. The van der Waals surface area contributed by atoms with E-state index in [9.17, 15) is 10.1 Å². The van der Waals surface area contributed by atoms with E-state index < -0.39 is 6.29 Å². The normalized spacial score (nSPS) is 15.8. The quantitative estimate of drug-likeness (QED) is 0.423. The zero-order valence-corrected chi connectivity index (χ0v) is 15.4. The summed E-state index contributed by atoms with van der Waals surface area (Å²) < 4.78 is 10.1. The number of nitrogens with zero attached hydrogens (tertiary/aromatic N) is 3. The van der Waals surface area contributed by atoms with Crippen LogP contribution < -0.4 is 5.32 Å². The lowest BCUT2D eigenvalue weighted by Crippen LogP contribution is -2.48. The summed E-state index contributed by atoms with van der Waals surface area (Å²) in [4.78, 5) is 16.6.